The maximum absolute atomic E-state index is 6.11. The van der Waals surface area contributed by atoms with Crippen LogP contribution in [0.15, 0.2) is 85.2 Å². The van der Waals surface area contributed by atoms with Gasteiger partial charge in [-0.05, 0) is 83.3 Å². The molecule has 55 heavy (non-hydrogen) atoms. The monoisotopic (exact) mass is 752 g/mol. The second-order valence-corrected chi connectivity index (χ2v) is 13.7. The maximum Gasteiger partial charge on any atom is 0.0970 e. The molecule has 0 aliphatic heterocycles. The van der Waals surface area contributed by atoms with E-state index in [4.69, 9.17) is 47.9 Å². The Hall–Kier alpha value is -3.84. The molecule has 10 nitrogen and oxygen atoms in total. The van der Waals surface area contributed by atoms with E-state index in [1.807, 2.05) is 24.5 Å². The first-order valence-electron chi connectivity index (χ1n) is 19.6. The third-order valence-electron chi connectivity index (χ3n) is 10.2. The van der Waals surface area contributed by atoms with E-state index in [0.29, 0.717) is 92.5 Å². The van der Waals surface area contributed by atoms with Crippen LogP contribution >= 0.6 is 0 Å². The summed E-state index contributed by atoms with van der Waals surface area (Å²) in [5.74, 6) is 0. The van der Waals surface area contributed by atoms with Crippen LogP contribution in [0.25, 0.3) is 44.1 Å². The van der Waals surface area contributed by atoms with Crippen molar-refractivity contribution in [3.05, 3.63) is 96.3 Å². The Balaban J connectivity index is 1.17. The summed E-state index contributed by atoms with van der Waals surface area (Å²) in [6.07, 6.45) is 7.41. The largest absolute Gasteiger partial charge is 0.382 e. The number of aromatic nitrogens is 2. The molecule has 1 aliphatic carbocycles. The van der Waals surface area contributed by atoms with Gasteiger partial charge in [0.05, 0.1) is 90.3 Å². The Bertz CT molecular complexity index is 1870. The molecule has 6 rings (SSSR count). The zero-order valence-corrected chi connectivity index (χ0v) is 32.5. The van der Waals surface area contributed by atoms with Crippen LogP contribution in [-0.4, -0.2) is 117 Å². The summed E-state index contributed by atoms with van der Waals surface area (Å²) in [6.45, 7) is 8.02. The standard InChI is InChI=1S/C45H56N2O8/c1-48-21-23-52-29-31-54-27-25-50-19-7-15-45(16-8-20-51-26-28-55-32-30-53-24-22-49-2)41-12-4-3-10-37(41)38-14-13-35(34-42(38)45)40-33-36-9-5-17-46-43(36)44-39(40)11-6-18-47-44/h3-6,9-14,17-18,33-34H,7-8,15-16,19-32H2,1-2H3. The first-order valence-corrected chi connectivity index (χ1v) is 19.6. The van der Waals surface area contributed by atoms with Crippen molar-refractivity contribution in [1.82, 2.24) is 9.97 Å². The molecule has 0 unspecified atom stereocenters. The lowest BCUT2D eigenvalue weighted by molar-refractivity contribution is 0.00201. The number of nitrogens with zero attached hydrogens (tertiary/aromatic N) is 2. The molecule has 1 aliphatic rings. The fourth-order valence-electron chi connectivity index (χ4n) is 7.62. The summed E-state index contributed by atoms with van der Waals surface area (Å²) >= 11 is 0. The van der Waals surface area contributed by atoms with Crippen LogP contribution in [0.5, 0.6) is 0 Å². The lowest BCUT2D eigenvalue weighted by Crippen LogP contribution is -2.27. The van der Waals surface area contributed by atoms with Crippen molar-refractivity contribution in [3.63, 3.8) is 0 Å². The number of benzene rings is 3. The van der Waals surface area contributed by atoms with Gasteiger partial charge < -0.3 is 37.9 Å². The number of methoxy groups -OCH3 is 2. The summed E-state index contributed by atoms with van der Waals surface area (Å²) in [6, 6.07) is 26.5. The summed E-state index contributed by atoms with van der Waals surface area (Å²) in [4.78, 5) is 9.49. The molecule has 0 spiro atoms. The number of rotatable bonds is 27. The van der Waals surface area contributed by atoms with E-state index in [1.165, 1.54) is 27.8 Å². The van der Waals surface area contributed by atoms with E-state index >= 15 is 0 Å². The number of pyridine rings is 2. The van der Waals surface area contributed by atoms with E-state index in [9.17, 15) is 0 Å². The van der Waals surface area contributed by atoms with Gasteiger partial charge in [0.15, 0.2) is 0 Å². The highest BCUT2D eigenvalue weighted by Gasteiger charge is 2.42. The summed E-state index contributed by atoms with van der Waals surface area (Å²) in [7, 11) is 3.34. The molecule has 0 atom stereocenters. The normalized spacial score (nSPS) is 13.1. The summed E-state index contributed by atoms with van der Waals surface area (Å²) < 4.78 is 44.6. The van der Waals surface area contributed by atoms with Crippen molar-refractivity contribution in [1.29, 1.82) is 0 Å². The lowest BCUT2D eigenvalue weighted by Gasteiger charge is -2.33. The number of ether oxygens (including phenoxy) is 8. The van der Waals surface area contributed by atoms with Crippen molar-refractivity contribution < 1.29 is 37.9 Å². The fourth-order valence-corrected chi connectivity index (χ4v) is 7.62. The van der Waals surface area contributed by atoms with Crippen LogP contribution in [0.2, 0.25) is 0 Å². The van der Waals surface area contributed by atoms with Gasteiger partial charge >= 0.3 is 0 Å². The molecular weight excluding hydrogens is 697 g/mol. The van der Waals surface area contributed by atoms with E-state index in [0.717, 1.165) is 53.1 Å². The van der Waals surface area contributed by atoms with Gasteiger partial charge in [0.2, 0.25) is 0 Å². The number of hydrogen-bond acceptors (Lipinski definition) is 10. The maximum atomic E-state index is 6.11. The van der Waals surface area contributed by atoms with Crippen LogP contribution in [0, 0.1) is 0 Å². The van der Waals surface area contributed by atoms with Gasteiger partial charge in [0, 0.05) is 56.0 Å². The van der Waals surface area contributed by atoms with E-state index in [2.05, 4.69) is 60.7 Å². The van der Waals surface area contributed by atoms with Crippen molar-refractivity contribution in [2.45, 2.75) is 31.1 Å². The molecule has 0 fully saturated rings. The molecule has 0 bridgehead atoms. The van der Waals surface area contributed by atoms with Gasteiger partial charge in [0.25, 0.3) is 0 Å². The average Bonchev–Trinajstić information content (AvgIpc) is 3.50. The first-order chi connectivity index (χ1) is 27.3. The van der Waals surface area contributed by atoms with E-state index in [-0.39, 0.29) is 5.41 Å². The molecule has 5 aromatic rings. The molecule has 0 saturated heterocycles. The smallest absolute Gasteiger partial charge is 0.0970 e. The average molecular weight is 753 g/mol. The third-order valence-corrected chi connectivity index (χ3v) is 10.2. The molecule has 10 heteroatoms. The molecule has 0 radical (unpaired) electrons. The second-order valence-electron chi connectivity index (χ2n) is 13.7. The Morgan fingerprint density at radius 3 is 1.60 bits per heavy atom. The number of fused-ring (bicyclic) bond motifs is 6. The Labute approximate surface area is 325 Å². The highest BCUT2D eigenvalue weighted by molar-refractivity contribution is 6.10. The molecule has 0 saturated carbocycles. The molecule has 3 aromatic carbocycles. The van der Waals surface area contributed by atoms with Crippen molar-refractivity contribution in [2.75, 3.05) is 107 Å². The predicted octanol–water partition coefficient (Wildman–Crippen LogP) is 7.67. The third kappa shape index (κ3) is 10.7. The van der Waals surface area contributed by atoms with Gasteiger partial charge in [0.1, 0.15) is 0 Å². The van der Waals surface area contributed by atoms with Crippen molar-refractivity contribution >= 4 is 21.8 Å². The quantitative estimate of drug-likeness (QED) is 0.0393. The molecule has 2 aromatic heterocycles. The van der Waals surface area contributed by atoms with E-state index in [1.54, 1.807) is 14.2 Å². The highest BCUT2D eigenvalue weighted by atomic mass is 16.6. The highest BCUT2D eigenvalue weighted by Crippen LogP contribution is 2.54. The van der Waals surface area contributed by atoms with Crippen LogP contribution in [0.3, 0.4) is 0 Å². The van der Waals surface area contributed by atoms with Crippen LogP contribution in [0.4, 0.5) is 0 Å². The van der Waals surface area contributed by atoms with Gasteiger partial charge in [-0.15, -0.1) is 0 Å². The molecule has 2 heterocycles. The Kier molecular flexibility index (Phi) is 16.4. The number of hydrogen-bond donors (Lipinski definition) is 0. The minimum Gasteiger partial charge on any atom is -0.382 e. The molecule has 0 N–H and O–H groups in total. The Morgan fingerprint density at radius 2 is 0.982 bits per heavy atom. The second kappa shape index (κ2) is 22.0. The first kappa shape index (κ1) is 40.8. The van der Waals surface area contributed by atoms with Gasteiger partial charge in [-0.3, -0.25) is 9.97 Å². The van der Waals surface area contributed by atoms with Crippen LogP contribution in [-0.2, 0) is 43.3 Å². The molecule has 0 amide bonds. The topological polar surface area (TPSA) is 99.6 Å². The zero-order valence-electron chi connectivity index (χ0n) is 32.5. The fraction of sp³-hybridized carbons (Fsp3) is 0.467. The summed E-state index contributed by atoms with van der Waals surface area (Å²) in [5.41, 5.74) is 9.34. The lowest BCUT2D eigenvalue weighted by atomic mass is 9.71. The minimum absolute atomic E-state index is 0.201. The SMILES string of the molecule is COCCOCCOCCOCCCC1(CCCOCCOCCOCCOC)c2ccccc2-c2ccc(-c3cc4cccnc4c4ncccc34)cc21. The Morgan fingerprint density at radius 1 is 0.455 bits per heavy atom. The van der Waals surface area contributed by atoms with Gasteiger partial charge in [-0.1, -0.05) is 48.5 Å². The molecule has 294 valence electrons. The van der Waals surface area contributed by atoms with Crippen molar-refractivity contribution in [3.8, 4) is 22.3 Å². The zero-order chi connectivity index (χ0) is 38.0. The minimum atomic E-state index is -0.201. The van der Waals surface area contributed by atoms with Crippen molar-refractivity contribution in [2.24, 2.45) is 0 Å². The van der Waals surface area contributed by atoms with Gasteiger partial charge in [-0.2, -0.15) is 0 Å². The van der Waals surface area contributed by atoms with Crippen LogP contribution in [0.1, 0.15) is 36.8 Å². The summed E-state index contributed by atoms with van der Waals surface area (Å²) in [5, 5.41) is 2.18. The predicted molar refractivity (Wildman–Crippen MR) is 216 cm³/mol. The molecular formula is C45H56N2O8. The van der Waals surface area contributed by atoms with Gasteiger partial charge in [-0.25, -0.2) is 0 Å². The van der Waals surface area contributed by atoms with E-state index < -0.39 is 0 Å². The van der Waals surface area contributed by atoms with Crippen LogP contribution < -0.4 is 0 Å².